The van der Waals surface area contributed by atoms with Gasteiger partial charge < -0.3 is 24.7 Å². The number of rotatable bonds is 13. The van der Waals surface area contributed by atoms with Crippen molar-refractivity contribution in [2.75, 3.05) is 46.2 Å². The van der Waals surface area contributed by atoms with E-state index in [2.05, 4.69) is 0 Å². The van der Waals surface area contributed by atoms with Gasteiger partial charge in [0.2, 0.25) is 6.29 Å². The molecule has 1 unspecified atom stereocenters. The van der Waals surface area contributed by atoms with E-state index < -0.39 is 6.23 Å². The summed E-state index contributed by atoms with van der Waals surface area (Å²) < 4.78 is 20.6. The molecule has 0 aromatic heterocycles. The Kier molecular flexibility index (Phi) is 13.1. The number of ether oxygens (including phenoxy) is 4. The highest BCUT2D eigenvalue weighted by Crippen LogP contribution is 1.88. The van der Waals surface area contributed by atoms with Gasteiger partial charge in [-0.15, -0.1) is 0 Å². The van der Waals surface area contributed by atoms with Crippen LogP contribution in [-0.4, -0.2) is 58.8 Å². The van der Waals surface area contributed by atoms with Gasteiger partial charge >= 0.3 is 0 Å². The highest BCUT2D eigenvalue weighted by molar-refractivity contribution is 5.50. The zero-order valence-electron chi connectivity index (χ0n) is 10.4. The van der Waals surface area contributed by atoms with E-state index in [9.17, 15) is 4.79 Å². The summed E-state index contributed by atoms with van der Waals surface area (Å²) in [6.07, 6.45) is 1.44. The Bertz CT molecular complexity index is 168. The molecule has 0 spiro atoms. The monoisotopic (exact) mass is 248 g/mol. The first-order valence-electron chi connectivity index (χ1n) is 5.76. The second kappa shape index (κ2) is 13.5. The van der Waals surface area contributed by atoms with Gasteiger partial charge in [0.1, 0.15) is 6.23 Å². The van der Waals surface area contributed by atoms with Gasteiger partial charge in [-0.25, -0.2) is 0 Å². The average molecular weight is 248 g/mol. The molecule has 0 heterocycles. The van der Waals surface area contributed by atoms with E-state index in [4.69, 9.17) is 24.7 Å². The highest BCUT2D eigenvalue weighted by Gasteiger charge is 2.01. The van der Waals surface area contributed by atoms with Crippen molar-refractivity contribution in [2.24, 2.45) is 5.73 Å². The summed E-state index contributed by atoms with van der Waals surface area (Å²) in [5.74, 6) is 0. The number of hydrogen-bond donors (Lipinski definition) is 1. The predicted molar refractivity (Wildman–Crippen MR) is 62.4 cm³/mol. The lowest BCUT2D eigenvalue weighted by Crippen LogP contribution is -2.30. The molecule has 0 bridgehead atoms. The molecule has 0 aliphatic heterocycles. The van der Waals surface area contributed by atoms with Gasteiger partial charge in [-0.3, -0.25) is 4.79 Å². The van der Waals surface area contributed by atoms with Gasteiger partial charge in [-0.05, 0) is 6.92 Å². The fourth-order valence-electron chi connectivity index (χ4n) is 0.982. The fraction of sp³-hybridized carbons (Fsp3) is 0.909. The van der Waals surface area contributed by atoms with Gasteiger partial charge in [-0.2, -0.15) is 0 Å². The molecule has 0 saturated heterocycles. The van der Waals surface area contributed by atoms with Crippen molar-refractivity contribution >= 4 is 6.29 Å². The number of carbonyl (C=O) groups excluding carboxylic acids is 1. The van der Waals surface area contributed by atoms with E-state index in [1.807, 2.05) is 6.92 Å². The summed E-state index contributed by atoms with van der Waals surface area (Å²) in [6.45, 7) is 5.32. The Morgan fingerprint density at radius 2 is 1.71 bits per heavy atom. The van der Waals surface area contributed by atoms with Crippen LogP contribution in [0.25, 0.3) is 0 Å². The second-order valence-corrected chi connectivity index (χ2v) is 3.19. The first-order valence-corrected chi connectivity index (χ1v) is 5.76. The third-order valence-electron chi connectivity index (χ3n) is 1.77. The minimum atomic E-state index is -0.508. The maximum Gasteiger partial charge on any atom is 0.200 e. The van der Waals surface area contributed by atoms with E-state index in [-0.39, 0.29) is 19.6 Å². The molecular weight excluding hydrogens is 226 g/mol. The van der Waals surface area contributed by atoms with Crippen LogP contribution in [0.2, 0.25) is 0 Å². The largest absolute Gasteiger partial charge is 0.379 e. The smallest absolute Gasteiger partial charge is 0.200 e. The van der Waals surface area contributed by atoms with Crippen LogP contribution in [0.4, 0.5) is 0 Å². The third-order valence-corrected chi connectivity index (χ3v) is 1.77. The topological polar surface area (TPSA) is 80.0 Å². The van der Waals surface area contributed by atoms with Crippen LogP contribution in [0.3, 0.4) is 0 Å². The Morgan fingerprint density at radius 1 is 1.06 bits per heavy atom. The minimum absolute atomic E-state index is 0.230. The molecule has 6 nitrogen and oxygen atoms in total. The SMILES string of the molecule is CCOCCOCCOCC(N)OCC[C]=O. The van der Waals surface area contributed by atoms with Crippen LogP contribution in [-0.2, 0) is 23.7 Å². The lowest BCUT2D eigenvalue weighted by atomic mass is 10.5. The Labute approximate surface area is 102 Å². The van der Waals surface area contributed by atoms with E-state index in [1.54, 1.807) is 6.29 Å². The molecule has 0 saturated carbocycles. The molecule has 6 heteroatoms. The molecule has 1 atom stereocenters. The zero-order chi connectivity index (χ0) is 12.8. The van der Waals surface area contributed by atoms with Crippen molar-refractivity contribution in [3.8, 4) is 0 Å². The summed E-state index contributed by atoms with van der Waals surface area (Å²) in [7, 11) is 0. The summed E-state index contributed by atoms with van der Waals surface area (Å²) in [5.41, 5.74) is 5.56. The predicted octanol–water partition coefficient (Wildman–Crippen LogP) is -0.143. The Balaban J connectivity index is 3.08. The maximum absolute atomic E-state index is 9.89. The Hall–Kier alpha value is -0.530. The summed E-state index contributed by atoms with van der Waals surface area (Å²) in [5, 5.41) is 0. The van der Waals surface area contributed by atoms with E-state index >= 15 is 0 Å². The van der Waals surface area contributed by atoms with Crippen LogP contribution >= 0.6 is 0 Å². The lowest BCUT2D eigenvalue weighted by molar-refractivity contribution is -0.0318. The number of hydrogen-bond acceptors (Lipinski definition) is 6. The molecule has 0 fully saturated rings. The lowest BCUT2D eigenvalue weighted by Gasteiger charge is -2.12. The second-order valence-electron chi connectivity index (χ2n) is 3.19. The van der Waals surface area contributed by atoms with E-state index in [0.29, 0.717) is 33.0 Å². The maximum atomic E-state index is 9.89. The molecule has 0 aromatic rings. The molecule has 0 rings (SSSR count). The highest BCUT2D eigenvalue weighted by atomic mass is 16.6. The normalized spacial score (nSPS) is 12.6. The standard InChI is InChI=1S/C11H22NO5/c1-2-14-6-7-15-8-9-16-10-11(12)17-5-3-4-13/h11H,2-3,5-10,12H2,1H3. The van der Waals surface area contributed by atoms with Crippen molar-refractivity contribution in [2.45, 2.75) is 19.6 Å². The first kappa shape index (κ1) is 16.5. The average Bonchev–Trinajstić information content (AvgIpc) is 2.33. The van der Waals surface area contributed by atoms with Gasteiger partial charge in [-0.1, -0.05) is 0 Å². The third kappa shape index (κ3) is 13.4. The van der Waals surface area contributed by atoms with Crippen molar-refractivity contribution in [3.05, 3.63) is 0 Å². The zero-order valence-corrected chi connectivity index (χ0v) is 10.4. The van der Waals surface area contributed by atoms with Gasteiger partial charge in [0.05, 0.1) is 39.6 Å². The van der Waals surface area contributed by atoms with Crippen LogP contribution in [0, 0.1) is 0 Å². The van der Waals surface area contributed by atoms with Crippen molar-refractivity contribution < 1.29 is 23.7 Å². The van der Waals surface area contributed by atoms with Crippen molar-refractivity contribution in [3.63, 3.8) is 0 Å². The van der Waals surface area contributed by atoms with E-state index in [1.165, 1.54) is 0 Å². The molecule has 2 N–H and O–H groups in total. The number of nitrogens with two attached hydrogens (primary N) is 1. The van der Waals surface area contributed by atoms with Gasteiger partial charge in [0.15, 0.2) is 0 Å². The van der Waals surface area contributed by atoms with Crippen LogP contribution in [0.5, 0.6) is 0 Å². The summed E-state index contributed by atoms with van der Waals surface area (Å²) in [4.78, 5) is 9.89. The van der Waals surface area contributed by atoms with Gasteiger partial charge in [0.25, 0.3) is 0 Å². The minimum Gasteiger partial charge on any atom is -0.379 e. The fourth-order valence-corrected chi connectivity index (χ4v) is 0.982. The quantitative estimate of drug-likeness (QED) is 0.361. The molecule has 0 aliphatic carbocycles. The van der Waals surface area contributed by atoms with Crippen LogP contribution in [0.1, 0.15) is 13.3 Å². The molecule has 1 radical (unpaired) electrons. The van der Waals surface area contributed by atoms with Crippen LogP contribution in [0.15, 0.2) is 0 Å². The van der Waals surface area contributed by atoms with Crippen LogP contribution < -0.4 is 5.73 Å². The van der Waals surface area contributed by atoms with Gasteiger partial charge in [0, 0.05) is 13.0 Å². The summed E-state index contributed by atoms with van der Waals surface area (Å²) >= 11 is 0. The van der Waals surface area contributed by atoms with Crippen molar-refractivity contribution in [1.82, 2.24) is 0 Å². The molecule has 17 heavy (non-hydrogen) atoms. The molecule has 0 aromatic carbocycles. The summed E-state index contributed by atoms with van der Waals surface area (Å²) in [6, 6.07) is 0. The first-order chi connectivity index (χ1) is 8.31. The molecule has 101 valence electrons. The van der Waals surface area contributed by atoms with E-state index in [0.717, 1.165) is 0 Å². The molecular formula is C11H22NO5. The molecule has 0 aliphatic rings. The molecule has 0 amide bonds. The Morgan fingerprint density at radius 3 is 2.35 bits per heavy atom. The van der Waals surface area contributed by atoms with Crippen molar-refractivity contribution in [1.29, 1.82) is 0 Å².